The van der Waals surface area contributed by atoms with Crippen molar-refractivity contribution in [3.63, 3.8) is 0 Å². The van der Waals surface area contributed by atoms with E-state index >= 15 is 0 Å². The first kappa shape index (κ1) is 25.3. The third-order valence-electron chi connectivity index (χ3n) is 8.78. The molecule has 0 radical (unpaired) electrons. The number of benzene rings is 4. The highest BCUT2D eigenvalue weighted by Gasteiger charge is 2.48. The van der Waals surface area contributed by atoms with Gasteiger partial charge in [0.15, 0.2) is 0 Å². The van der Waals surface area contributed by atoms with Crippen molar-refractivity contribution in [1.82, 2.24) is 4.57 Å². The Morgan fingerprint density at radius 2 is 1.29 bits per heavy atom. The molecule has 0 bridgehead atoms. The minimum Gasteiger partial charge on any atom is -0.497 e. The Morgan fingerprint density at radius 3 is 1.98 bits per heavy atom. The summed E-state index contributed by atoms with van der Waals surface area (Å²) in [5.41, 5.74) is 8.75. The zero-order chi connectivity index (χ0) is 28.1. The number of ether oxygens (including phenoxy) is 2. The number of fused-ring (bicyclic) bond motifs is 2. The Bertz CT molecular complexity index is 1830. The van der Waals surface area contributed by atoms with Gasteiger partial charge in [0, 0.05) is 58.6 Å². The molecule has 204 valence electrons. The number of nitrogens with zero attached hydrogens (tertiary/aromatic N) is 1. The molecule has 3 atom stereocenters. The molecule has 0 spiro atoms. The van der Waals surface area contributed by atoms with Gasteiger partial charge in [-0.3, -0.25) is 0 Å². The van der Waals surface area contributed by atoms with Crippen molar-refractivity contribution in [3.05, 3.63) is 143 Å². The lowest BCUT2D eigenvalue weighted by atomic mass is 9.75. The lowest BCUT2D eigenvalue weighted by Gasteiger charge is -2.28. The number of hydrogen-bond acceptors (Lipinski definition) is 3. The van der Waals surface area contributed by atoms with Crippen molar-refractivity contribution in [2.75, 3.05) is 14.2 Å². The van der Waals surface area contributed by atoms with Gasteiger partial charge in [-0.25, -0.2) is 0 Å². The predicted octanol–water partition coefficient (Wildman–Crippen LogP) is 8.83. The normalized spacial score (nSPS) is 18.0. The Labute approximate surface area is 240 Å². The van der Waals surface area contributed by atoms with Crippen molar-refractivity contribution in [2.24, 2.45) is 7.05 Å². The maximum absolute atomic E-state index is 6.73. The van der Waals surface area contributed by atoms with E-state index in [-0.39, 0.29) is 17.8 Å². The SMILES string of the molecule is COc1ccc(-c2oc(C)c3c2[C@H](c2cn(C)c4ccccc24)[C@@H](c2ccccc2)[C@@H]3c2ccc(OC)cc2)cc1. The first-order chi connectivity index (χ1) is 20.1. The van der Waals surface area contributed by atoms with E-state index in [4.69, 9.17) is 13.9 Å². The fraction of sp³-hybridized carbons (Fsp3) is 0.189. The summed E-state index contributed by atoms with van der Waals surface area (Å²) >= 11 is 0. The van der Waals surface area contributed by atoms with E-state index in [2.05, 4.69) is 116 Å². The van der Waals surface area contributed by atoms with Gasteiger partial charge in [0.25, 0.3) is 0 Å². The topological polar surface area (TPSA) is 36.5 Å². The monoisotopic (exact) mass is 539 g/mol. The zero-order valence-electron chi connectivity index (χ0n) is 23.8. The van der Waals surface area contributed by atoms with E-state index in [0.717, 1.165) is 28.6 Å². The van der Waals surface area contributed by atoms with Gasteiger partial charge in [-0.05, 0) is 66.1 Å². The Morgan fingerprint density at radius 1 is 0.659 bits per heavy atom. The van der Waals surface area contributed by atoms with Gasteiger partial charge in [-0.15, -0.1) is 0 Å². The Kier molecular flexibility index (Phi) is 6.19. The standard InChI is InChI=1S/C37H33NO3/c1-23-32-33(25-14-18-27(39-3)19-15-25)34(24-10-6-5-7-11-24)35(30-22-38(2)31-13-9-8-12-29(30)31)36(32)37(41-23)26-16-20-28(40-4)21-17-26/h5-22,33-35H,1-4H3/t33-,34+,35-/m1/s1. The third kappa shape index (κ3) is 4.05. The smallest absolute Gasteiger partial charge is 0.138 e. The fourth-order valence-electron chi connectivity index (χ4n) is 6.99. The second kappa shape index (κ2) is 10.0. The van der Waals surface area contributed by atoms with Crippen LogP contribution in [-0.4, -0.2) is 18.8 Å². The summed E-state index contributed by atoms with van der Waals surface area (Å²) in [6.07, 6.45) is 2.32. The number of hydrogen-bond donors (Lipinski definition) is 0. The second-order valence-electron chi connectivity index (χ2n) is 10.9. The summed E-state index contributed by atoms with van der Waals surface area (Å²) in [6, 6.07) is 36.5. The highest BCUT2D eigenvalue weighted by molar-refractivity contribution is 5.86. The van der Waals surface area contributed by atoms with Crippen LogP contribution in [-0.2, 0) is 7.05 Å². The molecule has 0 saturated heterocycles. The number of aryl methyl sites for hydroxylation is 2. The molecule has 0 N–H and O–H groups in total. The van der Waals surface area contributed by atoms with Crippen molar-refractivity contribution in [1.29, 1.82) is 0 Å². The van der Waals surface area contributed by atoms with Crippen molar-refractivity contribution < 1.29 is 13.9 Å². The van der Waals surface area contributed by atoms with Gasteiger partial charge in [0.05, 0.1) is 14.2 Å². The lowest BCUT2D eigenvalue weighted by molar-refractivity contribution is 0.414. The molecule has 7 rings (SSSR count). The highest BCUT2D eigenvalue weighted by Crippen LogP contribution is 2.62. The number of aromatic nitrogens is 1. The van der Waals surface area contributed by atoms with E-state index < -0.39 is 0 Å². The molecule has 0 amide bonds. The van der Waals surface area contributed by atoms with Crippen LogP contribution < -0.4 is 9.47 Å². The molecule has 0 fully saturated rings. The molecule has 0 saturated carbocycles. The summed E-state index contributed by atoms with van der Waals surface area (Å²) in [6.45, 7) is 2.12. The number of rotatable bonds is 6. The van der Waals surface area contributed by atoms with Crippen LogP contribution in [0.3, 0.4) is 0 Å². The predicted molar refractivity (Wildman–Crippen MR) is 164 cm³/mol. The van der Waals surface area contributed by atoms with Crippen LogP contribution >= 0.6 is 0 Å². The number of furan rings is 1. The van der Waals surface area contributed by atoms with Gasteiger partial charge >= 0.3 is 0 Å². The molecule has 0 aliphatic heterocycles. The van der Waals surface area contributed by atoms with Crippen LogP contribution in [0, 0.1) is 6.92 Å². The largest absolute Gasteiger partial charge is 0.497 e. The average molecular weight is 540 g/mol. The van der Waals surface area contributed by atoms with E-state index in [1.807, 2.05) is 12.1 Å². The summed E-state index contributed by atoms with van der Waals surface area (Å²) in [5.74, 6) is 3.96. The van der Waals surface area contributed by atoms with E-state index in [1.165, 1.54) is 38.7 Å². The molecular formula is C37H33NO3. The second-order valence-corrected chi connectivity index (χ2v) is 10.9. The molecule has 41 heavy (non-hydrogen) atoms. The van der Waals surface area contributed by atoms with E-state index in [1.54, 1.807) is 14.2 Å². The fourth-order valence-corrected chi connectivity index (χ4v) is 6.99. The van der Waals surface area contributed by atoms with Gasteiger partial charge < -0.3 is 18.5 Å². The molecule has 4 heteroatoms. The van der Waals surface area contributed by atoms with Gasteiger partial charge in [0.2, 0.25) is 0 Å². The molecule has 4 aromatic carbocycles. The lowest BCUT2D eigenvalue weighted by Crippen LogP contribution is -2.14. The average Bonchev–Trinajstić information content (AvgIpc) is 3.67. The number of para-hydroxylation sites is 1. The minimum atomic E-state index is 0.0835. The van der Waals surface area contributed by atoms with Gasteiger partial charge in [-0.2, -0.15) is 0 Å². The van der Waals surface area contributed by atoms with E-state index in [9.17, 15) is 0 Å². The quantitative estimate of drug-likeness (QED) is 0.212. The van der Waals surface area contributed by atoms with Crippen molar-refractivity contribution in [2.45, 2.75) is 24.7 Å². The Balaban J connectivity index is 1.55. The van der Waals surface area contributed by atoms with Gasteiger partial charge in [0.1, 0.15) is 23.0 Å². The van der Waals surface area contributed by atoms with Gasteiger partial charge in [-0.1, -0.05) is 60.7 Å². The highest BCUT2D eigenvalue weighted by atomic mass is 16.5. The van der Waals surface area contributed by atoms with Crippen LogP contribution in [0.2, 0.25) is 0 Å². The first-order valence-corrected chi connectivity index (χ1v) is 14.1. The molecule has 2 aromatic heterocycles. The van der Waals surface area contributed by atoms with Crippen LogP contribution in [0.15, 0.2) is 114 Å². The molecule has 0 unspecified atom stereocenters. The molecule has 4 nitrogen and oxygen atoms in total. The summed E-state index contributed by atoms with van der Waals surface area (Å²) in [7, 11) is 5.56. The molecule has 2 heterocycles. The molecule has 1 aliphatic carbocycles. The zero-order valence-corrected chi connectivity index (χ0v) is 23.8. The summed E-state index contributed by atoms with van der Waals surface area (Å²) in [4.78, 5) is 0. The minimum absolute atomic E-state index is 0.0835. The molecular weight excluding hydrogens is 506 g/mol. The van der Waals surface area contributed by atoms with Crippen molar-refractivity contribution >= 4 is 10.9 Å². The van der Waals surface area contributed by atoms with Crippen LogP contribution in [0.25, 0.3) is 22.2 Å². The Hall–Kier alpha value is -4.70. The third-order valence-corrected chi connectivity index (χ3v) is 8.78. The molecule has 6 aromatic rings. The maximum atomic E-state index is 6.73. The molecule has 1 aliphatic rings. The summed E-state index contributed by atoms with van der Waals surface area (Å²) < 4.78 is 20.0. The van der Waals surface area contributed by atoms with Crippen molar-refractivity contribution in [3.8, 4) is 22.8 Å². The number of methoxy groups -OCH3 is 2. The first-order valence-electron chi connectivity index (χ1n) is 14.1. The van der Waals surface area contributed by atoms with Crippen LogP contribution in [0.5, 0.6) is 11.5 Å². The maximum Gasteiger partial charge on any atom is 0.138 e. The van der Waals surface area contributed by atoms with Crippen LogP contribution in [0.1, 0.15) is 51.3 Å². The van der Waals surface area contributed by atoms with Crippen LogP contribution in [0.4, 0.5) is 0 Å². The van der Waals surface area contributed by atoms with E-state index in [0.29, 0.717) is 0 Å². The summed E-state index contributed by atoms with van der Waals surface area (Å²) in [5, 5.41) is 1.28.